The number of nitrogens with zero attached hydrogens (tertiary/aromatic N) is 2. The number of ketones is 5. The molecule has 5 aliphatic heterocycles. The molecule has 10 heterocycles. The van der Waals surface area contributed by atoms with Crippen LogP contribution in [0.4, 0.5) is 0 Å². The predicted octanol–water partition coefficient (Wildman–Crippen LogP) is 21.7. The number of benzene rings is 12. The first-order valence-corrected chi connectivity index (χ1v) is 49.0. The molecule has 5 aromatic heterocycles. The van der Waals surface area contributed by atoms with Crippen molar-refractivity contribution in [2.45, 2.75) is 131 Å². The molecule has 27 rings (SSSR count). The Kier molecular flexibility index (Phi) is 30.8. The number of rotatable bonds is 21. The fraction of sp³-hybridized carbons (Fsp3) is 0.230. The molecule has 144 heavy (non-hydrogen) atoms. The minimum absolute atomic E-state index is 0. The first-order chi connectivity index (χ1) is 68.7. The molecule has 12 aromatic carbocycles. The van der Waals surface area contributed by atoms with Crippen LogP contribution in [0, 0.1) is 0 Å². The van der Waals surface area contributed by atoms with Gasteiger partial charge in [0.1, 0.15) is 36.8 Å². The zero-order chi connectivity index (χ0) is 97.0. The molecule has 0 saturated heterocycles. The largest absolute Gasteiger partial charge is 0.113 e. The summed E-state index contributed by atoms with van der Waals surface area (Å²) in [5, 5.41) is 5.66. The van der Waals surface area contributed by atoms with E-state index in [0.29, 0.717) is 32.1 Å². The average molecular weight is 2090 g/mol. The molecule has 10 aliphatic rings. The molecule has 726 valence electrons. The van der Waals surface area contributed by atoms with Crippen LogP contribution in [0.5, 0.6) is 57.5 Å². The number of thiol groups is 2. The van der Waals surface area contributed by atoms with E-state index in [4.69, 9.17) is 55.2 Å². The SMILES string of the molecule is C.O.O.O=C(Cc1ccc2[nH]cc(-c3ccccc3)c2c1)C1(c2ccc3c(c2)OCO3)CC1.O=C(Cc1ccc2[nH]cc(Br)c2c1)C1(c2ccc3c(c2)OCO3)CC1.O=C(Cc1ccc2[nH]cc(Br)c2c1)C1(c2ccc3c(c2)OCO3)CC1.O=C(Cc1ccc2[nH]ccc2c1)C1(c2ccc3c(c2)OCO3)CC1.O=C(Cc1ccc2[nH]ccc2c1)C1(c2ccc3c(c2)OCO3)CC1.[B]=NS.[B]=NS.[B]c1ccccc1. The number of aromatic nitrogens is 5. The van der Waals surface area contributed by atoms with E-state index in [2.05, 4.69) is 161 Å². The van der Waals surface area contributed by atoms with E-state index < -0.39 is 0 Å². The third kappa shape index (κ3) is 21.5. The van der Waals surface area contributed by atoms with Gasteiger partial charge in [-0.05, 0) is 301 Å². The Morgan fingerprint density at radius 3 is 0.826 bits per heavy atom. The number of H-pyrrole nitrogens is 5. The minimum atomic E-state index is -0.379. The van der Waals surface area contributed by atoms with Crippen molar-refractivity contribution in [3.05, 3.63) is 350 Å². The van der Waals surface area contributed by atoms with Crippen molar-refractivity contribution < 1.29 is 82.3 Å². The number of carbonyl (C=O) groups is 5. The number of Topliss-reactive ketones (excluding diaryl/α,β-unsaturated/α-hetero) is 5. The molecule has 5 fully saturated rings. The van der Waals surface area contributed by atoms with E-state index in [-0.39, 0.29) is 108 Å². The second kappa shape index (κ2) is 43.7. The number of aromatic amines is 5. The van der Waals surface area contributed by atoms with Gasteiger partial charge in [-0.1, -0.05) is 134 Å². The van der Waals surface area contributed by atoms with E-state index in [1.165, 1.54) is 5.56 Å². The standard InChI is InChI=1S/C26H21NO3.2C20H16BrNO3.2C20H17NO3.C6H5B.CH4.2BHNS.2H2O/c28-25(26(10-11-26)19-7-9-23-24(14-19)30-16-29-23)13-17-6-8-22-20(12-17)21(15-27-22)18-4-2-1-3-5-18;2*21-15-10-22-16-3-1-12(7-14(15)16)8-19(23)20(5-6-20)13-2-4-17-18(9-13)25-11-24-17;2*22-19(10-13-1-3-16-14(9-13)5-8-21-16)20(6-7-20)15-2-4-17-18(11-15)24-12-23-17;7-6-4-2-1-3-5-6;;2*1-2-3;;/h1-9,12,14-15,27H,10-11,13,16H2;2*1-4,7,9-10,22H,5-6,8,11H2;2*1-5,8-9,11,21H,6-7,10,12H2;1-5H;1H4;2*3H;2*1H2. The molecule has 9 N–H and O–H groups in total. The van der Waals surface area contributed by atoms with E-state index in [0.717, 1.165) is 252 Å². The average Bonchev–Trinajstić information content (AvgIpc) is 1.60. The maximum absolute atomic E-state index is 13.3. The van der Waals surface area contributed by atoms with Gasteiger partial charge in [0.05, 0.1) is 27.1 Å². The van der Waals surface area contributed by atoms with Crippen molar-refractivity contribution in [2.24, 2.45) is 8.60 Å². The van der Waals surface area contributed by atoms with E-state index in [1.54, 1.807) is 0 Å². The normalized spacial score (nSPS) is 15.5. The van der Waals surface area contributed by atoms with Crippen molar-refractivity contribution in [3.63, 3.8) is 0 Å². The molecular weight excluding hydrogens is 1980 g/mol. The van der Waals surface area contributed by atoms with Gasteiger partial charge in [-0.2, -0.15) is 0 Å². The molecular formula is C113H102B3Br2N7O17S2. The summed E-state index contributed by atoms with van der Waals surface area (Å²) in [5.74, 6) is 8.94. The summed E-state index contributed by atoms with van der Waals surface area (Å²) in [6.07, 6.45) is 21.1. The van der Waals surface area contributed by atoms with Crippen LogP contribution in [0.25, 0.3) is 65.6 Å². The van der Waals surface area contributed by atoms with Crippen LogP contribution in [-0.2, 0) is 83.2 Å². The molecule has 0 amide bonds. The molecule has 24 nitrogen and oxygen atoms in total. The maximum Gasteiger partial charge on any atom is 0.113 e. The molecule has 5 aliphatic carbocycles. The van der Waals surface area contributed by atoms with Crippen molar-refractivity contribution >= 4 is 170 Å². The number of halogens is 2. The summed E-state index contributed by atoms with van der Waals surface area (Å²) in [4.78, 5) is 81.6. The van der Waals surface area contributed by atoms with Gasteiger partial charge in [-0.25, -0.2) is 0 Å². The summed E-state index contributed by atoms with van der Waals surface area (Å²) in [6, 6.07) is 84.3. The Balaban J connectivity index is 0.000000119. The summed E-state index contributed by atoms with van der Waals surface area (Å²) < 4.78 is 61.7. The van der Waals surface area contributed by atoms with Crippen molar-refractivity contribution in [1.29, 1.82) is 0 Å². The third-order valence-electron chi connectivity index (χ3n) is 28.1. The smallest absolute Gasteiger partial charge is 0.0967 e. The summed E-state index contributed by atoms with van der Waals surface area (Å²) >= 11 is 13.5. The number of fused-ring (bicyclic) bond motifs is 10. The number of nitrogens with one attached hydrogen (secondary N) is 5. The van der Waals surface area contributed by atoms with Gasteiger partial charge in [0.25, 0.3) is 0 Å². The molecule has 5 saturated carbocycles. The number of carbonyl (C=O) groups excluding carboxylic acids is 5. The van der Waals surface area contributed by atoms with E-state index in [1.807, 2.05) is 231 Å². The molecule has 0 spiro atoms. The van der Waals surface area contributed by atoms with E-state index >= 15 is 0 Å². The van der Waals surface area contributed by atoms with Gasteiger partial charge in [0.2, 0.25) is 34.0 Å². The molecule has 0 atom stereocenters. The molecule has 4 radical (unpaired) electrons. The Morgan fingerprint density at radius 1 is 0.299 bits per heavy atom. The zero-order valence-electron chi connectivity index (χ0n) is 77.7. The zero-order valence-corrected chi connectivity index (χ0v) is 82.6. The number of ether oxygens (including phenoxy) is 10. The second-order valence-electron chi connectivity index (χ2n) is 36.7. The summed E-state index contributed by atoms with van der Waals surface area (Å²) in [7, 11) is 14.0. The second-order valence-corrected chi connectivity index (χ2v) is 38.8. The predicted molar refractivity (Wildman–Crippen MR) is 573 cm³/mol. The Bertz CT molecular complexity index is 7330. The third-order valence-corrected chi connectivity index (χ3v) is 29.4. The first-order valence-electron chi connectivity index (χ1n) is 46.6. The summed E-state index contributed by atoms with van der Waals surface area (Å²) in [6.45, 7) is 1.28. The van der Waals surface area contributed by atoms with Crippen LogP contribution in [0.2, 0.25) is 0 Å². The van der Waals surface area contributed by atoms with Crippen molar-refractivity contribution in [2.75, 3.05) is 34.0 Å². The van der Waals surface area contributed by atoms with Crippen LogP contribution in [-0.4, -0.2) is 122 Å². The summed E-state index contributed by atoms with van der Waals surface area (Å²) in [5.41, 5.74) is 17.3. The minimum Gasteiger partial charge on any atom is -0.0967 e. The van der Waals surface area contributed by atoms with Crippen LogP contribution >= 0.6 is 57.5 Å². The Labute approximate surface area is 862 Å². The van der Waals surface area contributed by atoms with Gasteiger partial charge in [-0.3, -0.25) is 24.0 Å². The Morgan fingerprint density at radius 2 is 0.549 bits per heavy atom. The van der Waals surface area contributed by atoms with Gasteiger partial charge in [0, 0.05) is 121 Å². The molecule has 0 bridgehead atoms. The monoisotopic (exact) mass is 2080 g/mol. The fourth-order valence-corrected chi connectivity index (χ4v) is 20.4. The first kappa shape index (κ1) is 102. The number of hydrogen-bond acceptors (Lipinski definition) is 19. The number of hydrogen-bond donors (Lipinski definition) is 7. The molecule has 17 aromatic rings. The van der Waals surface area contributed by atoms with E-state index in [9.17, 15) is 24.0 Å². The van der Waals surface area contributed by atoms with Gasteiger partial charge in [-0.15, -0.1) is 0 Å². The van der Waals surface area contributed by atoms with Gasteiger partial charge in [0.15, 0.2) is 57.5 Å². The molecule has 31 heteroatoms. The fourth-order valence-electron chi connectivity index (χ4n) is 19.5. The maximum atomic E-state index is 13.3. The van der Waals surface area contributed by atoms with Crippen LogP contribution in [0.1, 0.15) is 127 Å². The van der Waals surface area contributed by atoms with Gasteiger partial charge < -0.3 is 83.2 Å². The Hall–Kier alpha value is -13.9. The quantitative estimate of drug-likeness (QED) is 0.0260. The topological polar surface area (TPSA) is 344 Å². The van der Waals surface area contributed by atoms with Crippen LogP contribution < -0.4 is 52.8 Å². The van der Waals surface area contributed by atoms with Crippen molar-refractivity contribution in [3.8, 4) is 68.6 Å². The van der Waals surface area contributed by atoms with Crippen LogP contribution in [0.15, 0.2) is 303 Å². The van der Waals surface area contributed by atoms with Crippen molar-refractivity contribution in [1.82, 2.24) is 24.9 Å². The molecule has 0 unspecified atom stereocenters. The van der Waals surface area contributed by atoms with Crippen LogP contribution in [0.3, 0.4) is 0 Å². The van der Waals surface area contributed by atoms with Gasteiger partial charge >= 0.3 is 49.5 Å².